The van der Waals surface area contributed by atoms with Crippen molar-refractivity contribution in [2.24, 2.45) is 5.92 Å². The summed E-state index contributed by atoms with van der Waals surface area (Å²) in [6.45, 7) is 5.62. The van der Waals surface area contributed by atoms with Crippen LogP contribution in [0.4, 0.5) is 4.39 Å². The van der Waals surface area contributed by atoms with Crippen LogP contribution in [-0.2, 0) is 4.74 Å². The largest absolute Gasteiger partial charge is 0.379 e. The van der Waals surface area contributed by atoms with Gasteiger partial charge in [0.05, 0.1) is 18.8 Å². The van der Waals surface area contributed by atoms with E-state index >= 15 is 0 Å². The first-order valence-corrected chi connectivity index (χ1v) is 6.27. The smallest absolute Gasteiger partial charge is 0.169 e. The molecule has 1 fully saturated rings. The van der Waals surface area contributed by atoms with Crippen LogP contribution in [0.3, 0.4) is 0 Å². The highest BCUT2D eigenvalue weighted by Gasteiger charge is 2.21. The summed E-state index contributed by atoms with van der Waals surface area (Å²) in [6.07, 6.45) is 0. The zero-order valence-corrected chi connectivity index (χ0v) is 10.6. The maximum atomic E-state index is 13.5. The third-order valence-electron chi connectivity index (χ3n) is 3.22. The van der Waals surface area contributed by atoms with E-state index < -0.39 is 5.82 Å². The Bertz CT molecular complexity index is 416. The van der Waals surface area contributed by atoms with Gasteiger partial charge in [0.25, 0.3) is 0 Å². The van der Waals surface area contributed by atoms with E-state index in [0.717, 1.165) is 13.1 Å². The second-order valence-corrected chi connectivity index (χ2v) is 4.66. The van der Waals surface area contributed by atoms with Crippen molar-refractivity contribution >= 4 is 5.78 Å². The number of hydrogen-bond acceptors (Lipinski definition) is 3. The summed E-state index contributed by atoms with van der Waals surface area (Å²) in [5.74, 6) is -0.754. The van der Waals surface area contributed by atoms with Gasteiger partial charge < -0.3 is 4.74 Å². The normalized spacial score (nSPS) is 18.6. The predicted molar refractivity (Wildman–Crippen MR) is 67.2 cm³/mol. The number of nitrogens with zero attached hydrogens (tertiary/aromatic N) is 1. The van der Waals surface area contributed by atoms with Crippen LogP contribution in [0.1, 0.15) is 17.3 Å². The van der Waals surface area contributed by atoms with Crippen molar-refractivity contribution in [3.05, 3.63) is 35.6 Å². The molecule has 1 heterocycles. The number of benzene rings is 1. The number of carbonyl (C=O) groups is 1. The molecule has 98 valence electrons. The molecule has 0 radical (unpaired) electrons. The van der Waals surface area contributed by atoms with Crippen LogP contribution in [0, 0.1) is 11.7 Å². The molecule has 0 amide bonds. The zero-order chi connectivity index (χ0) is 13.0. The van der Waals surface area contributed by atoms with E-state index in [1.165, 1.54) is 6.07 Å². The molecule has 0 spiro atoms. The summed E-state index contributed by atoms with van der Waals surface area (Å²) in [7, 11) is 0. The van der Waals surface area contributed by atoms with E-state index in [4.69, 9.17) is 4.74 Å². The predicted octanol–water partition coefficient (Wildman–Crippen LogP) is 1.98. The maximum Gasteiger partial charge on any atom is 0.169 e. The lowest BCUT2D eigenvalue weighted by Gasteiger charge is -2.28. The number of hydrogen-bond donors (Lipinski definition) is 0. The van der Waals surface area contributed by atoms with E-state index in [2.05, 4.69) is 4.90 Å². The topological polar surface area (TPSA) is 29.5 Å². The molecule has 0 bridgehead atoms. The molecule has 4 heteroatoms. The lowest BCUT2D eigenvalue weighted by Crippen LogP contribution is -2.40. The molecule has 0 saturated carbocycles. The third-order valence-corrected chi connectivity index (χ3v) is 3.22. The van der Waals surface area contributed by atoms with Gasteiger partial charge in [-0.2, -0.15) is 0 Å². The van der Waals surface area contributed by atoms with Crippen LogP contribution in [0.2, 0.25) is 0 Å². The van der Waals surface area contributed by atoms with Crippen LogP contribution in [-0.4, -0.2) is 43.5 Å². The Labute approximate surface area is 107 Å². The minimum absolute atomic E-state index is 0.125. The molecule has 2 rings (SSSR count). The fraction of sp³-hybridized carbons (Fsp3) is 0.500. The highest BCUT2D eigenvalue weighted by molar-refractivity contribution is 5.98. The standard InChI is InChI=1S/C14H18FNO2/c1-11(10-16-6-8-18-9-7-16)14(17)12-4-2-3-5-13(12)15/h2-5,11H,6-10H2,1H3. The van der Waals surface area contributed by atoms with E-state index in [1.54, 1.807) is 18.2 Å². The number of carbonyl (C=O) groups excluding carboxylic acids is 1. The van der Waals surface area contributed by atoms with Gasteiger partial charge in [0.1, 0.15) is 5.82 Å². The summed E-state index contributed by atoms with van der Waals surface area (Å²) < 4.78 is 18.8. The van der Waals surface area contributed by atoms with Crippen LogP contribution in [0.15, 0.2) is 24.3 Å². The molecular weight excluding hydrogens is 233 g/mol. The lowest BCUT2D eigenvalue weighted by atomic mass is 9.98. The van der Waals surface area contributed by atoms with Crippen molar-refractivity contribution in [3.8, 4) is 0 Å². The van der Waals surface area contributed by atoms with Gasteiger partial charge in [-0.05, 0) is 12.1 Å². The zero-order valence-electron chi connectivity index (χ0n) is 10.6. The Morgan fingerprint density at radius 2 is 2.06 bits per heavy atom. The number of rotatable bonds is 4. The quantitative estimate of drug-likeness (QED) is 0.766. The lowest BCUT2D eigenvalue weighted by molar-refractivity contribution is 0.0312. The minimum atomic E-state index is -0.434. The molecule has 0 aliphatic carbocycles. The van der Waals surface area contributed by atoms with E-state index in [0.29, 0.717) is 19.8 Å². The number of Topliss-reactive ketones (excluding diaryl/α,β-unsaturated/α-hetero) is 1. The third kappa shape index (κ3) is 3.15. The monoisotopic (exact) mass is 251 g/mol. The molecule has 1 atom stereocenters. The van der Waals surface area contributed by atoms with E-state index in [1.807, 2.05) is 6.92 Å². The summed E-state index contributed by atoms with van der Waals surface area (Å²) in [4.78, 5) is 14.3. The highest BCUT2D eigenvalue weighted by atomic mass is 19.1. The van der Waals surface area contributed by atoms with Crippen LogP contribution in [0.25, 0.3) is 0 Å². The van der Waals surface area contributed by atoms with E-state index in [9.17, 15) is 9.18 Å². The fourth-order valence-electron chi connectivity index (χ4n) is 2.18. The van der Waals surface area contributed by atoms with Crippen molar-refractivity contribution in [2.75, 3.05) is 32.8 Å². The number of ketones is 1. The molecular formula is C14H18FNO2. The van der Waals surface area contributed by atoms with Gasteiger partial charge in [-0.3, -0.25) is 9.69 Å². The van der Waals surface area contributed by atoms with Gasteiger partial charge in [0, 0.05) is 25.6 Å². The Morgan fingerprint density at radius 3 is 2.72 bits per heavy atom. The summed E-state index contributed by atoms with van der Waals surface area (Å²) >= 11 is 0. The summed E-state index contributed by atoms with van der Waals surface area (Å²) in [5.41, 5.74) is 0.193. The van der Waals surface area contributed by atoms with Gasteiger partial charge in [-0.15, -0.1) is 0 Å². The van der Waals surface area contributed by atoms with Gasteiger partial charge in [-0.25, -0.2) is 4.39 Å². The maximum absolute atomic E-state index is 13.5. The first-order chi connectivity index (χ1) is 8.68. The first kappa shape index (κ1) is 13.2. The molecule has 18 heavy (non-hydrogen) atoms. The molecule has 0 aromatic heterocycles. The van der Waals surface area contributed by atoms with Crippen LogP contribution in [0.5, 0.6) is 0 Å². The Morgan fingerprint density at radius 1 is 1.39 bits per heavy atom. The SMILES string of the molecule is CC(CN1CCOCC1)C(=O)c1ccccc1F. The summed E-state index contributed by atoms with van der Waals surface area (Å²) in [5, 5.41) is 0. The molecule has 1 aliphatic rings. The van der Waals surface area contributed by atoms with Crippen molar-refractivity contribution < 1.29 is 13.9 Å². The van der Waals surface area contributed by atoms with Crippen molar-refractivity contribution in [1.29, 1.82) is 0 Å². The molecule has 1 aromatic carbocycles. The van der Waals surface area contributed by atoms with Crippen LogP contribution >= 0.6 is 0 Å². The molecule has 1 saturated heterocycles. The number of halogens is 1. The van der Waals surface area contributed by atoms with Crippen molar-refractivity contribution in [1.82, 2.24) is 4.90 Å². The Balaban J connectivity index is 1.98. The molecule has 0 N–H and O–H groups in total. The molecule has 1 aliphatic heterocycles. The van der Waals surface area contributed by atoms with Crippen molar-refractivity contribution in [3.63, 3.8) is 0 Å². The van der Waals surface area contributed by atoms with Crippen LogP contribution < -0.4 is 0 Å². The second-order valence-electron chi connectivity index (χ2n) is 4.66. The molecule has 3 nitrogen and oxygen atoms in total. The number of morpholine rings is 1. The van der Waals surface area contributed by atoms with Gasteiger partial charge in [0.15, 0.2) is 5.78 Å². The first-order valence-electron chi connectivity index (χ1n) is 6.27. The van der Waals surface area contributed by atoms with Crippen molar-refractivity contribution in [2.45, 2.75) is 6.92 Å². The van der Waals surface area contributed by atoms with E-state index in [-0.39, 0.29) is 17.3 Å². The highest BCUT2D eigenvalue weighted by Crippen LogP contribution is 2.14. The van der Waals surface area contributed by atoms with Gasteiger partial charge in [-0.1, -0.05) is 19.1 Å². The Kier molecular flexibility index (Phi) is 4.44. The number of ether oxygens (including phenoxy) is 1. The summed E-state index contributed by atoms with van der Waals surface area (Å²) in [6, 6.07) is 6.17. The van der Waals surface area contributed by atoms with Gasteiger partial charge >= 0.3 is 0 Å². The average molecular weight is 251 g/mol. The minimum Gasteiger partial charge on any atom is -0.379 e. The Hall–Kier alpha value is -1.26. The van der Waals surface area contributed by atoms with Gasteiger partial charge in [0.2, 0.25) is 0 Å². The molecule has 1 unspecified atom stereocenters. The molecule has 1 aromatic rings. The second kappa shape index (κ2) is 6.07. The average Bonchev–Trinajstić information content (AvgIpc) is 2.39. The fourth-order valence-corrected chi connectivity index (χ4v) is 2.18.